The number of carbonyl (C=O) groups is 2. The second-order valence-electron chi connectivity index (χ2n) is 6.10. The van der Waals surface area contributed by atoms with Crippen molar-refractivity contribution < 1.29 is 28.5 Å². The fraction of sp³-hybridized carbons (Fsp3) is 0.545. The normalized spacial score (nSPS) is 12.6. The first-order valence-corrected chi connectivity index (χ1v) is 9.48. The van der Waals surface area contributed by atoms with Gasteiger partial charge in [-0.25, -0.2) is 4.79 Å². The Morgan fingerprint density at radius 1 is 0.786 bits per heavy atom. The summed E-state index contributed by atoms with van der Waals surface area (Å²) in [5, 5.41) is 0. The minimum atomic E-state index is -0.458. The number of hydrogen-bond donors (Lipinski definition) is 0. The molecule has 0 aromatic rings. The van der Waals surface area contributed by atoms with Gasteiger partial charge < -0.3 is 18.9 Å². The lowest BCUT2D eigenvalue weighted by molar-refractivity contribution is -0.152. The van der Waals surface area contributed by atoms with E-state index < -0.39 is 5.97 Å². The highest BCUT2D eigenvalue weighted by Crippen LogP contribution is 2.13. The van der Waals surface area contributed by atoms with Crippen LogP contribution in [0.5, 0.6) is 0 Å². The van der Waals surface area contributed by atoms with Crippen LogP contribution < -0.4 is 0 Å². The second kappa shape index (κ2) is 18.3. The first-order chi connectivity index (χ1) is 13.6. The molecule has 0 aliphatic rings. The Morgan fingerprint density at radius 3 is 1.96 bits per heavy atom. The lowest BCUT2D eigenvalue weighted by Crippen LogP contribution is -2.21. The van der Waals surface area contributed by atoms with E-state index in [1.165, 1.54) is 0 Å². The van der Waals surface area contributed by atoms with E-state index in [-0.39, 0.29) is 37.6 Å². The molecule has 0 heterocycles. The smallest absolute Gasteiger partial charge is 0.332 e. The summed E-state index contributed by atoms with van der Waals surface area (Å²) in [6, 6.07) is 0. The zero-order valence-electron chi connectivity index (χ0n) is 16.8. The number of esters is 1. The van der Waals surface area contributed by atoms with E-state index >= 15 is 0 Å². The zero-order valence-corrected chi connectivity index (χ0v) is 16.8. The molecule has 0 spiro atoms. The van der Waals surface area contributed by atoms with E-state index in [0.29, 0.717) is 32.7 Å². The van der Waals surface area contributed by atoms with Crippen LogP contribution in [0.4, 0.5) is 0 Å². The van der Waals surface area contributed by atoms with E-state index in [9.17, 15) is 9.59 Å². The predicted molar refractivity (Wildman–Crippen MR) is 110 cm³/mol. The maximum absolute atomic E-state index is 11.7. The van der Waals surface area contributed by atoms with Gasteiger partial charge in [0.2, 0.25) is 0 Å². The summed E-state index contributed by atoms with van der Waals surface area (Å²) in [7, 11) is 0. The highest BCUT2D eigenvalue weighted by Gasteiger charge is 2.10. The molecule has 0 aromatic carbocycles. The molecule has 0 radical (unpaired) electrons. The van der Waals surface area contributed by atoms with Crippen LogP contribution in [0.1, 0.15) is 25.7 Å². The SMILES string of the molecule is C=CCC(C=C)CCC(=O)COCCOCCOCC(=O)OC(C=C)CC=C. The predicted octanol–water partition coefficient (Wildman–Crippen LogP) is 3.44. The molecule has 6 nitrogen and oxygen atoms in total. The van der Waals surface area contributed by atoms with Gasteiger partial charge in [0.05, 0.1) is 26.4 Å². The summed E-state index contributed by atoms with van der Waals surface area (Å²) < 4.78 is 20.9. The van der Waals surface area contributed by atoms with E-state index in [1.807, 2.05) is 12.2 Å². The Bertz CT molecular complexity index is 485. The molecule has 0 amide bonds. The number of hydrogen-bond acceptors (Lipinski definition) is 6. The molecule has 28 heavy (non-hydrogen) atoms. The van der Waals surface area contributed by atoms with Crippen molar-refractivity contribution in [1.29, 1.82) is 0 Å². The Labute approximate surface area is 168 Å². The summed E-state index contributed by atoms with van der Waals surface area (Å²) in [6.45, 7) is 15.8. The van der Waals surface area contributed by atoms with Crippen LogP contribution in [-0.2, 0) is 28.5 Å². The van der Waals surface area contributed by atoms with Crippen LogP contribution in [0.15, 0.2) is 50.6 Å². The van der Waals surface area contributed by atoms with Gasteiger partial charge in [0.15, 0.2) is 5.78 Å². The van der Waals surface area contributed by atoms with Gasteiger partial charge in [0.1, 0.15) is 19.3 Å². The number of Topliss-reactive ketones (excluding diaryl/α,β-unsaturated/α-hetero) is 1. The van der Waals surface area contributed by atoms with Crippen molar-refractivity contribution in [2.45, 2.75) is 31.8 Å². The Morgan fingerprint density at radius 2 is 1.39 bits per heavy atom. The Hall–Kier alpha value is -2.02. The Kier molecular flexibility index (Phi) is 17.0. The van der Waals surface area contributed by atoms with Gasteiger partial charge in [-0.3, -0.25) is 4.79 Å². The molecule has 0 aliphatic heterocycles. The highest BCUT2D eigenvalue weighted by molar-refractivity contribution is 5.79. The molecule has 0 aromatic heterocycles. The minimum Gasteiger partial charge on any atom is -0.456 e. The average Bonchev–Trinajstić information content (AvgIpc) is 2.69. The molecule has 0 saturated carbocycles. The van der Waals surface area contributed by atoms with E-state index in [1.54, 1.807) is 12.2 Å². The van der Waals surface area contributed by atoms with E-state index in [0.717, 1.165) is 12.8 Å². The van der Waals surface area contributed by atoms with Gasteiger partial charge in [-0.1, -0.05) is 30.9 Å². The lowest BCUT2D eigenvalue weighted by atomic mass is 9.98. The van der Waals surface area contributed by atoms with Gasteiger partial charge in [-0.05, 0) is 18.8 Å². The van der Waals surface area contributed by atoms with Gasteiger partial charge in [0.25, 0.3) is 0 Å². The van der Waals surface area contributed by atoms with Gasteiger partial charge in [-0.2, -0.15) is 0 Å². The Balaban J connectivity index is 3.54. The first-order valence-electron chi connectivity index (χ1n) is 9.48. The van der Waals surface area contributed by atoms with E-state index in [4.69, 9.17) is 18.9 Å². The monoisotopic (exact) mass is 394 g/mol. The molecule has 0 saturated heterocycles. The standard InChI is InChI=1S/C22H34O6/c1-5-9-19(7-3)11-12-20(23)17-26-15-13-25-14-16-27-18-22(24)28-21(8-4)10-6-2/h5-8,19,21H,1-4,9-18H2. The molecular formula is C22H34O6. The van der Waals surface area contributed by atoms with Crippen LogP contribution in [-0.4, -0.2) is 57.5 Å². The van der Waals surface area contributed by atoms with Crippen molar-refractivity contribution in [3.05, 3.63) is 50.6 Å². The summed E-state index contributed by atoms with van der Waals surface area (Å²) in [4.78, 5) is 23.3. The molecular weight excluding hydrogens is 360 g/mol. The van der Waals surface area contributed by atoms with Crippen LogP contribution in [0, 0.1) is 5.92 Å². The summed E-state index contributed by atoms with van der Waals surface area (Å²) >= 11 is 0. The molecule has 6 heteroatoms. The molecule has 0 aliphatic carbocycles. The third kappa shape index (κ3) is 15.1. The van der Waals surface area contributed by atoms with Crippen LogP contribution in [0.3, 0.4) is 0 Å². The highest BCUT2D eigenvalue weighted by atomic mass is 16.6. The zero-order chi connectivity index (χ0) is 21.0. The number of ketones is 1. The quantitative estimate of drug-likeness (QED) is 0.179. The van der Waals surface area contributed by atoms with Gasteiger partial charge >= 0.3 is 5.97 Å². The summed E-state index contributed by atoms with van der Waals surface area (Å²) in [5.74, 6) is -0.112. The molecule has 0 fully saturated rings. The second-order valence-corrected chi connectivity index (χ2v) is 6.10. The van der Waals surface area contributed by atoms with Crippen LogP contribution >= 0.6 is 0 Å². The third-order valence-corrected chi connectivity index (χ3v) is 3.77. The van der Waals surface area contributed by atoms with Crippen molar-refractivity contribution in [1.82, 2.24) is 0 Å². The van der Waals surface area contributed by atoms with Crippen molar-refractivity contribution in [2.24, 2.45) is 5.92 Å². The van der Waals surface area contributed by atoms with Crippen molar-refractivity contribution in [3.8, 4) is 0 Å². The summed E-state index contributed by atoms with van der Waals surface area (Å²) in [6.07, 6.45) is 9.08. The van der Waals surface area contributed by atoms with Crippen molar-refractivity contribution in [3.63, 3.8) is 0 Å². The fourth-order valence-electron chi connectivity index (χ4n) is 2.20. The number of rotatable bonds is 20. The molecule has 0 rings (SSSR count). The van der Waals surface area contributed by atoms with Crippen LogP contribution in [0.25, 0.3) is 0 Å². The molecule has 2 unspecified atom stereocenters. The molecule has 2 atom stereocenters. The average molecular weight is 395 g/mol. The molecule has 0 bridgehead atoms. The molecule has 158 valence electrons. The van der Waals surface area contributed by atoms with Crippen molar-refractivity contribution in [2.75, 3.05) is 39.6 Å². The van der Waals surface area contributed by atoms with Gasteiger partial charge in [0, 0.05) is 12.8 Å². The number of allylic oxidation sites excluding steroid dienone is 2. The first kappa shape index (κ1) is 26.0. The third-order valence-electron chi connectivity index (χ3n) is 3.77. The molecule has 0 N–H and O–H groups in total. The summed E-state index contributed by atoms with van der Waals surface area (Å²) in [5.41, 5.74) is 0. The largest absolute Gasteiger partial charge is 0.456 e. The minimum absolute atomic E-state index is 0.0621. The number of carbonyl (C=O) groups excluding carboxylic acids is 2. The van der Waals surface area contributed by atoms with E-state index in [2.05, 4.69) is 26.3 Å². The topological polar surface area (TPSA) is 71.1 Å². The maximum Gasteiger partial charge on any atom is 0.332 e. The lowest BCUT2D eigenvalue weighted by Gasteiger charge is -2.12. The fourth-order valence-corrected chi connectivity index (χ4v) is 2.20. The van der Waals surface area contributed by atoms with Gasteiger partial charge in [-0.15, -0.1) is 19.7 Å². The maximum atomic E-state index is 11.7. The van der Waals surface area contributed by atoms with Crippen molar-refractivity contribution >= 4 is 11.8 Å². The number of ether oxygens (including phenoxy) is 4. The van der Waals surface area contributed by atoms with Crippen LogP contribution in [0.2, 0.25) is 0 Å².